The minimum absolute atomic E-state index is 0.369. The van der Waals surface area contributed by atoms with E-state index < -0.39 is 11.8 Å². The molecule has 0 bridgehead atoms. The van der Waals surface area contributed by atoms with Gasteiger partial charge in [-0.3, -0.25) is 24.8 Å². The lowest BCUT2D eigenvalue weighted by atomic mass is 10.1. The zero-order valence-corrected chi connectivity index (χ0v) is 17.7. The number of fused-ring (bicyclic) bond motifs is 1. The maximum atomic E-state index is 12.3. The third kappa shape index (κ3) is 5.04. The number of carbonyl (C=O) groups is 2. The second-order valence-electron chi connectivity index (χ2n) is 6.84. The summed E-state index contributed by atoms with van der Waals surface area (Å²) in [5.74, 6) is -0.159. The Morgan fingerprint density at radius 2 is 1.58 bits per heavy atom. The van der Waals surface area contributed by atoms with Crippen LogP contribution in [0.4, 0.5) is 0 Å². The van der Waals surface area contributed by atoms with Gasteiger partial charge in [0.25, 0.3) is 11.8 Å². The topological polar surface area (TPSA) is 114 Å². The summed E-state index contributed by atoms with van der Waals surface area (Å²) < 4.78 is 1.62. The maximum Gasteiger partial charge on any atom is 0.271 e. The Hall–Kier alpha value is -3.79. The van der Waals surface area contributed by atoms with E-state index in [1.54, 1.807) is 34.9 Å². The summed E-state index contributed by atoms with van der Waals surface area (Å²) in [6, 6.07) is 12.4. The van der Waals surface area contributed by atoms with Crippen molar-refractivity contribution in [2.75, 3.05) is 0 Å². The normalized spacial score (nSPS) is 10.8. The predicted octanol–water partition coefficient (Wildman–Crippen LogP) is 2.50. The Morgan fingerprint density at radius 3 is 2.29 bits per heavy atom. The summed E-state index contributed by atoms with van der Waals surface area (Å²) in [6.45, 7) is 3.89. The first kappa shape index (κ1) is 20.5. The largest absolute Gasteiger partial charge is 0.288 e. The van der Waals surface area contributed by atoms with Gasteiger partial charge in [0, 0.05) is 28.9 Å². The molecule has 0 fully saturated rings. The van der Waals surface area contributed by atoms with Crippen molar-refractivity contribution in [1.29, 1.82) is 0 Å². The Bertz CT molecular complexity index is 1230. The fraction of sp³-hybridized carbons (Fsp3) is 0.143. The van der Waals surface area contributed by atoms with E-state index in [0.717, 1.165) is 22.1 Å². The van der Waals surface area contributed by atoms with Gasteiger partial charge in [0.05, 0.1) is 5.56 Å². The standard InChI is InChI=1S/C21H19N7O2S/c1-13-9-14(2)24-21(23-13)31-11-15-3-5-16(6-4-15)19(29)26-27-20(30)17-7-8-18-25-22-12-28(18)10-17/h3-10,12H,11H2,1-2H3,(H,26,29)(H,27,30). The molecule has 4 rings (SSSR count). The summed E-state index contributed by atoms with van der Waals surface area (Å²) in [5, 5.41) is 8.37. The van der Waals surface area contributed by atoms with E-state index in [1.165, 1.54) is 18.1 Å². The SMILES string of the molecule is Cc1cc(C)nc(SCc2ccc(C(=O)NNC(=O)c3ccc4nncn4c3)cc2)n1. The highest BCUT2D eigenvalue weighted by molar-refractivity contribution is 7.98. The quantitative estimate of drug-likeness (QED) is 0.282. The minimum Gasteiger partial charge on any atom is -0.288 e. The molecule has 0 aliphatic carbocycles. The molecule has 31 heavy (non-hydrogen) atoms. The molecule has 0 saturated heterocycles. The summed E-state index contributed by atoms with van der Waals surface area (Å²) >= 11 is 1.54. The average Bonchev–Trinajstić information content (AvgIpc) is 3.23. The van der Waals surface area contributed by atoms with Gasteiger partial charge in [0.2, 0.25) is 0 Å². The molecule has 3 aromatic heterocycles. The van der Waals surface area contributed by atoms with Gasteiger partial charge in [-0.15, -0.1) is 10.2 Å². The van der Waals surface area contributed by atoms with Crippen LogP contribution in [0.25, 0.3) is 5.65 Å². The van der Waals surface area contributed by atoms with Crippen molar-refractivity contribution in [1.82, 2.24) is 35.4 Å². The van der Waals surface area contributed by atoms with Crippen molar-refractivity contribution in [3.63, 3.8) is 0 Å². The van der Waals surface area contributed by atoms with E-state index in [1.807, 2.05) is 32.0 Å². The fourth-order valence-electron chi connectivity index (χ4n) is 2.88. The van der Waals surface area contributed by atoms with Gasteiger partial charge in [-0.2, -0.15) is 0 Å². The highest BCUT2D eigenvalue weighted by atomic mass is 32.2. The number of benzene rings is 1. The van der Waals surface area contributed by atoms with E-state index in [-0.39, 0.29) is 0 Å². The van der Waals surface area contributed by atoms with Crippen LogP contribution in [0, 0.1) is 13.8 Å². The molecule has 0 aliphatic rings. The van der Waals surface area contributed by atoms with Crippen LogP contribution in [-0.2, 0) is 5.75 Å². The highest BCUT2D eigenvalue weighted by Gasteiger charge is 2.10. The molecule has 0 aliphatic heterocycles. The minimum atomic E-state index is -0.439. The number of aryl methyl sites for hydroxylation is 2. The van der Waals surface area contributed by atoms with Gasteiger partial charge in [0.15, 0.2) is 10.8 Å². The zero-order valence-electron chi connectivity index (χ0n) is 16.9. The Labute approximate surface area is 182 Å². The van der Waals surface area contributed by atoms with Crippen LogP contribution in [-0.4, -0.2) is 36.4 Å². The van der Waals surface area contributed by atoms with Crippen LogP contribution < -0.4 is 10.9 Å². The fourth-order valence-corrected chi connectivity index (χ4v) is 3.78. The molecule has 1 aromatic carbocycles. The zero-order chi connectivity index (χ0) is 21.8. The lowest BCUT2D eigenvalue weighted by molar-refractivity contribution is 0.0846. The first-order valence-corrected chi connectivity index (χ1v) is 10.4. The highest BCUT2D eigenvalue weighted by Crippen LogP contribution is 2.20. The molecule has 0 spiro atoms. The lowest BCUT2D eigenvalue weighted by Crippen LogP contribution is -2.41. The lowest BCUT2D eigenvalue weighted by Gasteiger charge is -2.08. The van der Waals surface area contributed by atoms with E-state index in [0.29, 0.717) is 22.5 Å². The molecule has 0 unspecified atom stereocenters. The molecular formula is C21H19N7O2S. The maximum absolute atomic E-state index is 12.3. The van der Waals surface area contributed by atoms with Crippen molar-refractivity contribution in [2.24, 2.45) is 0 Å². The second kappa shape index (κ2) is 8.92. The molecule has 4 aromatic rings. The molecule has 10 heteroatoms. The number of pyridine rings is 1. The summed E-state index contributed by atoms with van der Waals surface area (Å²) in [7, 11) is 0. The van der Waals surface area contributed by atoms with Gasteiger partial charge >= 0.3 is 0 Å². The van der Waals surface area contributed by atoms with E-state index in [9.17, 15) is 9.59 Å². The molecule has 0 atom stereocenters. The number of amides is 2. The molecule has 2 N–H and O–H groups in total. The third-order valence-corrected chi connectivity index (χ3v) is 5.31. The van der Waals surface area contributed by atoms with Gasteiger partial charge in [-0.1, -0.05) is 23.9 Å². The van der Waals surface area contributed by atoms with Crippen LogP contribution in [0.3, 0.4) is 0 Å². The van der Waals surface area contributed by atoms with Crippen LogP contribution >= 0.6 is 11.8 Å². The van der Waals surface area contributed by atoms with Crippen LogP contribution in [0.1, 0.15) is 37.7 Å². The monoisotopic (exact) mass is 433 g/mol. The van der Waals surface area contributed by atoms with Crippen LogP contribution in [0.15, 0.2) is 60.1 Å². The Kier molecular flexibility index (Phi) is 5.89. The first-order chi connectivity index (χ1) is 15.0. The van der Waals surface area contributed by atoms with Crippen molar-refractivity contribution < 1.29 is 9.59 Å². The van der Waals surface area contributed by atoms with Gasteiger partial charge in [-0.05, 0) is 49.7 Å². The summed E-state index contributed by atoms with van der Waals surface area (Å²) in [4.78, 5) is 33.4. The van der Waals surface area contributed by atoms with Crippen molar-refractivity contribution in [3.05, 3.63) is 83.1 Å². The first-order valence-electron chi connectivity index (χ1n) is 9.42. The van der Waals surface area contributed by atoms with Crippen molar-refractivity contribution in [2.45, 2.75) is 24.8 Å². The number of hydrogen-bond donors (Lipinski definition) is 2. The third-order valence-electron chi connectivity index (χ3n) is 4.39. The van der Waals surface area contributed by atoms with Gasteiger partial charge < -0.3 is 0 Å². The number of nitrogens with zero attached hydrogens (tertiary/aromatic N) is 5. The number of rotatable bonds is 5. The molecule has 156 valence electrons. The summed E-state index contributed by atoms with van der Waals surface area (Å²) in [5.41, 5.74) is 9.18. The molecule has 0 radical (unpaired) electrons. The average molecular weight is 433 g/mol. The Morgan fingerprint density at radius 1 is 0.935 bits per heavy atom. The van der Waals surface area contributed by atoms with E-state index >= 15 is 0 Å². The Balaban J connectivity index is 1.31. The van der Waals surface area contributed by atoms with Crippen molar-refractivity contribution >= 4 is 29.2 Å². The smallest absolute Gasteiger partial charge is 0.271 e. The number of hydrogen-bond acceptors (Lipinski definition) is 7. The molecule has 0 saturated carbocycles. The number of nitrogens with one attached hydrogen (secondary N) is 2. The van der Waals surface area contributed by atoms with E-state index in [2.05, 4.69) is 31.0 Å². The second-order valence-corrected chi connectivity index (χ2v) is 7.78. The predicted molar refractivity (Wildman–Crippen MR) is 115 cm³/mol. The van der Waals surface area contributed by atoms with Crippen LogP contribution in [0.5, 0.6) is 0 Å². The number of thioether (sulfide) groups is 1. The van der Waals surface area contributed by atoms with Gasteiger partial charge in [-0.25, -0.2) is 9.97 Å². The summed E-state index contributed by atoms with van der Waals surface area (Å²) in [6.07, 6.45) is 3.08. The number of aromatic nitrogens is 5. The van der Waals surface area contributed by atoms with Crippen LogP contribution in [0.2, 0.25) is 0 Å². The molecule has 3 heterocycles. The molecular weight excluding hydrogens is 414 g/mol. The number of carbonyl (C=O) groups excluding carboxylic acids is 2. The van der Waals surface area contributed by atoms with Crippen molar-refractivity contribution in [3.8, 4) is 0 Å². The molecule has 9 nitrogen and oxygen atoms in total. The molecule has 2 amide bonds. The van der Waals surface area contributed by atoms with E-state index in [4.69, 9.17) is 0 Å². The number of hydrazine groups is 1. The van der Waals surface area contributed by atoms with Gasteiger partial charge in [0.1, 0.15) is 6.33 Å².